The SMILES string of the molecule is CC(N)C1CCCCN1S(=O)(=O)c1ccc(N(C)C)cc1. The number of nitrogens with zero attached hydrogens (tertiary/aromatic N) is 2. The molecule has 21 heavy (non-hydrogen) atoms. The second-order valence-corrected chi connectivity index (χ2v) is 7.82. The highest BCUT2D eigenvalue weighted by molar-refractivity contribution is 7.89. The van der Waals surface area contributed by atoms with Gasteiger partial charge in [0, 0.05) is 38.4 Å². The Balaban J connectivity index is 2.31. The molecule has 0 saturated carbocycles. The number of hydrogen-bond acceptors (Lipinski definition) is 4. The van der Waals surface area contributed by atoms with Crippen molar-refractivity contribution in [2.45, 2.75) is 43.2 Å². The molecule has 2 N–H and O–H groups in total. The third-order valence-electron chi connectivity index (χ3n) is 4.06. The number of nitrogens with two attached hydrogens (primary N) is 1. The average molecular weight is 311 g/mol. The molecule has 0 bridgehead atoms. The number of piperidine rings is 1. The Bertz CT molecular complexity index is 567. The maximum atomic E-state index is 12.8. The van der Waals surface area contributed by atoms with Crippen molar-refractivity contribution in [3.8, 4) is 0 Å². The highest BCUT2D eigenvalue weighted by Gasteiger charge is 2.35. The van der Waals surface area contributed by atoms with Crippen molar-refractivity contribution in [3.05, 3.63) is 24.3 Å². The normalized spacial score (nSPS) is 22.0. The lowest BCUT2D eigenvalue weighted by molar-refractivity contribution is 0.227. The van der Waals surface area contributed by atoms with E-state index in [1.807, 2.05) is 38.1 Å². The van der Waals surface area contributed by atoms with Crippen molar-refractivity contribution in [3.63, 3.8) is 0 Å². The molecule has 2 unspecified atom stereocenters. The third kappa shape index (κ3) is 3.39. The summed E-state index contributed by atoms with van der Waals surface area (Å²) in [4.78, 5) is 2.29. The minimum absolute atomic E-state index is 0.0997. The van der Waals surface area contributed by atoms with Gasteiger partial charge in [0.05, 0.1) is 4.90 Å². The first-order chi connectivity index (χ1) is 9.84. The predicted octanol–water partition coefficient (Wildman–Crippen LogP) is 1.64. The minimum Gasteiger partial charge on any atom is -0.378 e. The van der Waals surface area contributed by atoms with Crippen LogP contribution in [0.3, 0.4) is 0 Å². The lowest BCUT2D eigenvalue weighted by Crippen LogP contribution is -2.51. The van der Waals surface area contributed by atoms with Gasteiger partial charge in [-0.2, -0.15) is 4.31 Å². The number of rotatable bonds is 4. The van der Waals surface area contributed by atoms with Gasteiger partial charge >= 0.3 is 0 Å². The van der Waals surface area contributed by atoms with Crippen molar-refractivity contribution in [2.24, 2.45) is 5.73 Å². The second kappa shape index (κ2) is 6.34. The van der Waals surface area contributed by atoms with Crippen LogP contribution in [-0.4, -0.2) is 45.4 Å². The summed E-state index contributed by atoms with van der Waals surface area (Å²) in [6.45, 7) is 2.44. The summed E-state index contributed by atoms with van der Waals surface area (Å²) in [6, 6.07) is 6.77. The van der Waals surface area contributed by atoms with E-state index in [9.17, 15) is 8.42 Å². The quantitative estimate of drug-likeness (QED) is 0.918. The van der Waals surface area contributed by atoms with Crippen molar-refractivity contribution in [2.75, 3.05) is 25.5 Å². The molecule has 1 aromatic carbocycles. The molecule has 0 aromatic heterocycles. The van der Waals surface area contributed by atoms with Gasteiger partial charge in [0.1, 0.15) is 0 Å². The molecule has 1 heterocycles. The summed E-state index contributed by atoms with van der Waals surface area (Å²) in [6.07, 6.45) is 2.78. The smallest absolute Gasteiger partial charge is 0.243 e. The van der Waals surface area contributed by atoms with Crippen molar-refractivity contribution < 1.29 is 8.42 Å². The molecule has 1 saturated heterocycles. The Kier molecular flexibility index (Phi) is 4.91. The standard InChI is InChI=1S/C15H25N3O2S/c1-12(16)15-6-4-5-11-18(15)21(19,20)14-9-7-13(8-10-14)17(2)3/h7-10,12,15H,4-6,11,16H2,1-3H3. The molecule has 0 aliphatic carbocycles. The van der Waals surface area contributed by atoms with Crippen LogP contribution in [0, 0.1) is 0 Å². The fourth-order valence-corrected chi connectivity index (χ4v) is 4.58. The molecule has 118 valence electrons. The summed E-state index contributed by atoms with van der Waals surface area (Å²) in [7, 11) is 0.398. The van der Waals surface area contributed by atoms with Crippen LogP contribution in [0.2, 0.25) is 0 Å². The van der Waals surface area contributed by atoms with Crippen LogP contribution in [0.5, 0.6) is 0 Å². The van der Waals surface area contributed by atoms with Crippen LogP contribution in [0.15, 0.2) is 29.2 Å². The van der Waals surface area contributed by atoms with Gasteiger partial charge in [-0.15, -0.1) is 0 Å². The molecule has 0 spiro atoms. The largest absolute Gasteiger partial charge is 0.378 e. The molecule has 5 nitrogen and oxygen atoms in total. The van der Waals surface area contributed by atoms with E-state index in [-0.39, 0.29) is 12.1 Å². The molecule has 1 fully saturated rings. The molecule has 1 aromatic rings. The average Bonchev–Trinajstić information content (AvgIpc) is 2.47. The van der Waals surface area contributed by atoms with E-state index in [1.54, 1.807) is 16.4 Å². The molecule has 0 amide bonds. The van der Waals surface area contributed by atoms with Crippen molar-refractivity contribution in [1.82, 2.24) is 4.31 Å². The van der Waals surface area contributed by atoms with Gasteiger partial charge in [-0.1, -0.05) is 6.42 Å². The first kappa shape index (κ1) is 16.3. The highest BCUT2D eigenvalue weighted by Crippen LogP contribution is 2.27. The maximum absolute atomic E-state index is 12.8. The fourth-order valence-electron chi connectivity index (χ4n) is 2.81. The molecular formula is C15H25N3O2S. The van der Waals surface area contributed by atoms with Crippen LogP contribution in [0.25, 0.3) is 0 Å². The Morgan fingerprint density at radius 1 is 1.24 bits per heavy atom. The van der Waals surface area contributed by atoms with Gasteiger partial charge in [0.15, 0.2) is 0 Å². The molecular weight excluding hydrogens is 286 g/mol. The Labute approximate surface area is 127 Å². The van der Waals surface area contributed by atoms with Gasteiger partial charge in [0.2, 0.25) is 10.0 Å². The lowest BCUT2D eigenvalue weighted by Gasteiger charge is -2.36. The topological polar surface area (TPSA) is 66.6 Å². The Morgan fingerprint density at radius 2 is 1.86 bits per heavy atom. The number of anilines is 1. The van der Waals surface area contributed by atoms with E-state index in [0.29, 0.717) is 11.4 Å². The van der Waals surface area contributed by atoms with Gasteiger partial charge in [-0.3, -0.25) is 0 Å². The summed E-state index contributed by atoms with van der Waals surface area (Å²) in [5, 5.41) is 0. The molecule has 2 rings (SSSR count). The minimum atomic E-state index is -3.46. The van der Waals surface area contributed by atoms with Gasteiger partial charge in [0.25, 0.3) is 0 Å². The number of hydrogen-bond donors (Lipinski definition) is 1. The fraction of sp³-hybridized carbons (Fsp3) is 0.600. The van der Waals surface area contributed by atoms with Crippen molar-refractivity contribution >= 4 is 15.7 Å². The van der Waals surface area contributed by atoms with Crippen LogP contribution in [-0.2, 0) is 10.0 Å². The van der Waals surface area contributed by atoms with E-state index in [0.717, 1.165) is 24.9 Å². The van der Waals surface area contributed by atoms with Crippen LogP contribution < -0.4 is 10.6 Å². The Morgan fingerprint density at radius 3 is 2.38 bits per heavy atom. The van der Waals surface area contributed by atoms with Gasteiger partial charge in [-0.25, -0.2) is 8.42 Å². The van der Waals surface area contributed by atoms with E-state index in [2.05, 4.69) is 0 Å². The zero-order valence-electron chi connectivity index (χ0n) is 13.0. The maximum Gasteiger partial charge on any atom is 0.243 e. The zero-order valence-corrected chi connectivity index (χ0v) is 13.8. The van der Waals surface area contributed by atoms with E-state index in [4.69, 9.17) is 5.73 Å². The van der Waals surface area contributed by atoms with Crippen LogP contribution in [0.4, 0.5) is 5.69 Å². The van der Waals surface area contributed by atoms with E-state index in [1.165, 1.54) is 0 Å². The highest BCUT2D eigenvalue weighted by atomic mass is 32.2. The lowest BCUT2D eigenvalue weighted by atomic mass is 10.00. The van der Waals surface area contributed by atoms with Crippen LogP contribution in [0.1, 0.15) is 26.2 Å². The molecule has 0 radical (unpaired) electrons. The van der Waals surface area contributed by atoms with Gasteiger partial charge in [-0.05, 0) is 44.0 Å². The van der Waals surface area contributed by atoms with E-state index >= 15 is 0 Å². The summed E-state index contributed by atoms with van der Waals surface area (Å²) < 4.78 is 27.3. The molecule has 2 atom stereocenters. The molecule has 6 heteroatoms. The van der Waals surface area contributed by atoms with Crippen LogP contribution >= 0.6 is 0 Å². The zero-order chi connectivity index (χ0) is 15.6. The van der Waals surface area contributed by atoms with Gasteiger partial charge < -0.3 is 10.6 Å². The summed E-state index contributed by atoms with van der Waals surface area (Å²) >= 11 is 0. The molecule has 1 aliphatic heterocycles. The second-order valence-electron chi connectivity index (χ2n) is 5.93. The molecule has 1 aliphatic rings. The third-order valence-corrected chi connectivity index (χ3v) is 6.00. The summed E-state index contributed by atoms with van der Waals surface area (Å²) in [5.41, 5.74) is 6.97. The van der Waals surface area contributed by atoms with E-state index < -0.39 is 10.0 Å². The monoisotopic (exact) mass is 311 g/mol. The first-order valence-corrected chi connectivity index (χ1v) is 8.83. The Hall–Kier alpha value is -1.11. The predicted molar refractivity (Wildman–Crippen MR) is 85.9 cm³/mol. The first-order valence-electron chi connectivity index (χ1n) is 7.39. The number of benzene rings is 1. The summed E-state index contributed by atoms with van der Waals surface area (Å²) in [5.74, 6) is 0. The number of sulfonamides is 1. The van der Waals surface area contributed by atoms with Crippen molar-refractivity contribution in [1.29, 1.82) is 0 Å².